The molecule has 1 atom stereocenters. The third-order valence-corrected chi connectivity index (χ3v) is 6.45. The second-order valence-electron chi connectivity index (χ2n) is 7.28. The smallest absolute Gasteiger partial charge is 0.263 e. The number of aromatic nitrogens is 2. The Hall–Kier alpha value is -3.32. The summed E-state index contributed by atoms with van der Waals surface area (Å²) in [4.78, 5) is 21.3. The monoisotopic (exact) mass is 435 g/mol. The van der Waals surface area contributed by atoms with Crippen LogP contribution in [0.5, 0.6) is 11.5 Å². The number of H-pyrrole nitrogens is 1. The molecule has 2 N–H and O–H groups in total. The maximum atomic E-state index is 12.9. The van der Waals surface area contributed by atoms with Crippen molar-refractivity contribution in [3.05, 3.63) is 75.4 Å². The van der Waals surface area contributed by atoms with E-state index in [1.807, 2.05) is 56.4 Å². The van der Waals surface area contributed by atoms with Crippen LogP contribution in [0.1, 0.15) is 37.4 Å². The van der Waals surface area contributed by atoms with Crippen molar-refractivity contribution < 1.29 is 14.3 Å². The molecule has 4 aromatic rings. The Morgan fingerprint density at radius 2 is 1.90 bits per heavy atom. The average Bonchev–Trinajstić information content (AvgIpc) is 3.36. The number of aryl methyl sites for hydroxylation is 2. The van der Waals surface area contributed by atoms with Crippen molar-refractivity contribution >= 4 is 28.1 Å². The Bertz CT molecular complexity index is 1230. The zero-order chi connectivity index (χ0) is 22.0. The van der Waals surface area contributed by atoms with Crippen molar-refractivity contribution in [1.82, 2.24) is 15.3 Å². The standard InChI is InChI=1S/C24H25N3O3S/c1-14-23(31-15(2)27-14)24(28)26-13-19(17-9-7-11-21(29-3)22(17)30-4)18-12-25-20-10-6-5-8-16(18)20/h5-12,19,25H,13H2,1-4H3,(H,26,28). The van der Waals surface area contributed by atoms with E-state index in [0.29, 0.717) is 22.9 Å². The van der Waals surface area contributed by atoms with Crippen LogP contribution in [0, 0.1) is 13.8 Å². The molecule has 6 nitrogen and oxygen atoms in total. The van der Waals surface area contributed by atoms with Crippen LogP contribution in [-0.2, 0) is 0 Å². The van der Waals surface area contributed by atoms with Gasteiger partial charge in [0.1, 0.15) is 4.88 Å². The molecule has 0 aliphatic heterocycles. The maximum Gasteiger partial charge on any atom is 0.263 e. The molecule has 0 aliphatic rings. The van der Waals surface area contributed by atoms with E-state index in [9.17, 15) is 4.79 Å². The number of nitrogens with zero attached hydrogens (tertiary/aromatic N) is 1. The van der Waals surface area contributed by atoms with Gasteiger partial charge in [-0.25, -0.2) is 4.98 Å². The first-order chi connectivity index (χ1) is 15.0. The highest BCUT2D eigenvalue weighted by Gasteiger charge is 2.25. The number of hydrogen-bond acceptors (Lipinski definition) is 5. The van der Waals surface area contributed by atoms with Crippen molar-refractivity contribution in [2.45, 2.75) is 19.8 Å². The fourth-order valence-corrected chi connectivity index (χ4v) is 4.81. The van der Waals surface area contributed by atoms with E-state index in [-0.39, 0.29) is 11.8 Å². The molecule has 7 heteroatoms. The topological polar surface area (TPSA) is 76.2 Å². The molecule has 0 fully saturated rings. The fourth-order valence-electron chi connectivity index (χ4n) is 3.97. The number of nitrogens with one attached hydrogen (secondary N) is 2. The molecule has 0 aliphatic carbocycles. The lowest BCUT2D eigenvalue weighted by atomic mass is 9.89. The number of amides is 1. The highest BCUT2D eigenvalue weighted by molar-refractivity contribution is 7.13. The molecule has 0 saturated heterocycles. The predicted octanol–water partition coefficient (Wildman–Crippen LogP) is 4.82. The summed E-state index contributed by atoms with van der Waals surface area (Å²) < 4.78 is 11.2. The lowest BCUT2D eigenvalue weighted by Gasteiger charge is -2.22. The van der Waals surface area contributed by atoms with Gasteiger partial charge in [-0.05, 0) is 31.5 Å². The molecular weight excluding hydrogens is 410 g/mol. The Balaban J connectivity index is 1.75. The second-order valence-corrected chi connectivity index (χ2v) is 8.49. The van der Waals surface area contributed by atoms with Crippen LogP contribution in [0.2, 0.25) is 0 Å². The van der Waals surface area contributed by atoms with E-state index in [1.54, 1.807) is 14.2 Å². The zero-order valence-electron chi connectivity index (χ0n) is 18.0. The van der Waals surface area contributed by atoms with Gasteiger partial charge in [0.25, 0.3) is 5.91 Å². The average molecular weight is 436 g/mol. The molecule has 1 amide bonds. The van der Waals surface area contributed by atoms with Crippen molar-refractivity contribution in [1.29, 1.82) is 0 Å². The van der Waals surface area contributed by atoms with Crippen LogP contribution in [0.15, 0.2) is 48.7 Å². The fraction of sp³-hybridized carbons (Fsp3) is 0.250. The van der Waals surface area contributed by atoms with Gasteiger partial charge in [0.15, 0.2) is 11.5 Å². The first-order valence-corrected chi connectivity index (χ1v) is 10.8. The van der Waals surface area contributed by atoms with E-state index < -0.39 is 0 Å². The zero-order valence-corrected chi connectivity index (χ0v) is 18.8. The SMILES string of the molecule is COc1cccc(C(CNC(=O)c2sc(C)nc2C)c2c[nH]c3ccccc23)c1OC. The number of carbonyl (C=O) groups is 1. The van der Waals surface area contributed by atoms with Crippen molar-refractivity contribution in [3.8, 4) is 11.5 Å². The summed E-state index contributed by atoms with van der Waals surface area (Å²) in [6, 6.07) is 14.0. The molecule has 0 radical (unpaired) electrons. The normalized spacial score (nSPS) is 12.0. The molecule has 0 saturated carbocycles. The van der Waals surface area contributed by atoms with Gasteiger partial charge >= 0.3 is 0 Å². The van der Waals surface area contributed by atoms with E-state index in [2.05, 4.69) is 21.4 Å². The Kier molecular flexibility index (Phi) is 5.95. The number of ether oxygens (including phenoxy) is 2. The van der Waals surface area contributed by atoms with Gasteiger partial charge in [-0.3, -0.25) is 4.79 Å². The Morgan fingerprint density at radius 1 is 1.10 bits per heavy atom. The van der Waals surface area contributed by atoms with Crippen LogP contribution >= 0.6 is 11.3 Å². The molecule has 31 heavy (non-hydrogen) atoms. The quantitative estimate of drug-likeness (QED) is 0.436. The molecule has 4 rings (SSSR count). The summed E-state index contributed by atoms with van der Waals surface area (Å²) in [6.07, 6.45) is 2.00. The van der Waals surface area contributed by atoms with E-state index in [4.69, 9.17) is 9.47 Å². The Labute approximate surface area is 185 Å². The summed E-state index contributed by atoms with van der Waals surface area (Å²) in [5, 5.41) is 5.10. The van der Waals surface area contributed by atoms with Crippen LogP contribution in [0.25, 0.3) is 10.9 Å². The molecule has 1 unspecified atom stereocenters. The Morgan fingerprint density at radius 3 is 2.61 bits per heavy atom. The van der Waals surface area contributed by atoms with Gasteiger partial charge in [0, 0.05) is 35.1 Å². The third-order valence-electron chi connectivity index (χ3n) is 5.38. The summed E-state index contributed by atoms with van der Waals surface area (Å²) >= 11 is 1.41. The summed E-state index contributed by atoms with van der Waals surface area (Å²) in [5.74, 6) is 1.07. The van der Waals surface area contributed by atoms with Gasteiger partial charge in [-0.15, -0.1) is 11.3 Å². The molecule has 2 aromatic carbocycles. The molecule has 2 aromatic heterocycles. The van der Waals surface area contributed by atoms with Crippen molar-refractivity contribution in [2.24, 2.45) is 0 Å². The lowest BCUT2D eigenvalue weighted by Crippen LogP contribution is -2.29. The summed E-state index contributed by atoms with van der Waals surface area (Å²) in [5.41, 5.74) is 3.83. The molecule has 160 valence electrons. The number of thiazole rings is 1. The number of methoxy groups -OCH3 is 2. The first kappa shape index (κ1) is 20.9. The minimum Gasteiger partial charge on any atom is -0.493 e. The number of fused-ring (bicyclic) bond motifs is 1. The van der Waals surface area contributed by atoms with Gasteiger partial charge in [0.2, 0.25) is 0 Å². The number of benzene rings is 2. The van der Waals surface area contributed by atoms with Crippen LogP contribution in [0.3, 0.4) is 0 Å². The number of hydrogen-bond donors (Lipinski definition) is 2. The van der Waals surface area contributed by atoms with Crippen LogP contribution in [0.4, 0.5) is 0 Å². The number of aromatic amines is 1. The van der Waals surface area contributed by atoms with E-state index in [0.717, 1.165) is 32.7 Å². The highest BCUT2D eigenvalue weighted by Crippen LogP contribution is 2.40. The number of rotatable bonds is 7. The molecule has 0 spiro atoms. The molecular formula is C24H25N3O3S. The first-order valence-electron chi connectivity index (χ1n) is 10.0. The van der Waals surface area contributed by atoms with E-state index >= 15 is 0 Å². The van der Waals surface area contributed by atoms with Gasteiger partial charge in [-0.1, -0.05) is 30.3 Å². The van der Waals surface area contributed by atoms with Crippen LogP contribution in [-0.4, -0.2) is 36.6 Å². The summed E-state index contributed by atoms with van der Waals surface area (Å²) in [6.45, 7) is 4.17. The second kappa shape index (κ2) is 8.81. The molecule has 0 bridgehead atoms. The minimum atomic E-state index is -0.139. The van der Waals surface area contributed by atoms with Gasteiger partial charge in [0.05, 0.1) is 24.9 Å². The maximum absolute atomic E-state index is 12.9. The van der Waals surface area contributed by atoms with Gasteiger partial charge in [-0.2, -0.15) is 0 Å². The largest absolute Gasteiger partial charge is 0.493 e. The van der Waals surface area contributed by atoms with Crippen molar-refractivity contribution in [2.75, 3.05) is 20.8 Å². The van der Waals surface area contributed by atoms with Gasteiger partial charge < -0.3 is 19.8 Å². The van der Waals surface area contributed by atoms with Crippen LogP contribution < -0.4 is 14.8 Å². The lowest BCUT2D eigenvalue weighted by molar-refractivity contribution is 0.0955. The van der Waals surface area contributed by atoms with E-state index in [1.165, 1.54) is 11.3 Å². The number of carbonyl (C=O) groups excluding carboxylic acids is 1. The predicted molar refractivity (Wildman–Crippen MR) is 124 cm³/mol. The van der Waals surface area contributed by atoms with Crippen molar-refractivity contribution in [3.63, 3.8) is 0 Å². The summed E-state index contributed by atoms with van der Waals surface area (Å²) in [7, 11) is 3.26. The minimum absolute atomic E-state index is 0.116. The third kappa shape index (κ3) is 4.01. The number of para-hydroxylation sites is 2. The molecule has 2 heterocycles. The highest BCUT2D eigenvalue weighted by atomic mass is 32.1.